The van der Waals surface area contributed by atoms with Gasteiger partial charge in [0.05, 0.1) is 0 Å². The van der Waals surface area contributed by atoms with Gasteiger partial charge in [-0.25, -0.2) is 4.79 Å². The number of rotatable bonds is 4. The SMILES string of the molecule is CNC(=O)c1ccc(CN2CCC[C@@H]([C@]3(C)NC(=O)NC3=O)C2)cc1. The normalized spacial score (nSPS) is 26.9. The van der Waals surface area contributed by atoms with E-state index in [1.54, 1.807) is 14.0 Å². The summed E-state index contributed by atoms with van der Waals surface area (Å²) in [5.74, 6) is -0.252. The summed E-state index contributed by atoms with van der Waals surface area (Å²) in [4.78, 5) is 37.6. The van der Waals surface area contributed by atoms with Crippen molar-refractivity contribution in [2.75, 3.05) is 20.1 Å². The van der Waals surface area contributed by atoms with Crippen molar-refractivity contribution in [3.05, 3.63) is 35.4 Å². The zero-order valence-corrected chi connectivity index (χ0v) is 14.6. The lowest BCUT2D eigenvalue weighted by atomic mass is 9.80. The molecule has 1 aromatic carbocycles. The van der Waals surface area contributed by atoms with Crippen LogP contribution in [0.3, 0.4) is 0 Å². The van der Waals surface area contributed by atoms with E-state index >= 15 is 0 Å². The second-order valence-corrected chi connectivity index (χ2v) is 6.96. The van der Waals surface area contributed by atoms with Crippen molar-refractivity contribution in [2.45, 2.75) is 31.8 Å². The number of nitrogens with zero attached hydrogens (tertiary/aromatic N) is 1. The quantitative estimate of drug-likeness (QED) is 0.707. The molecule has 2 aliphatic rings. The fraction of sp³-hybridized carbons (Fsp3) is 0.500. The number of carbonyl (C=O) groups excluding carboxylic acids is 3. The van der Waals surface area contributed by atoms with Crippen molar-refractivity contribution in [1.29, 1.82) is 0 Å². The van der Waals surface area contributed by atoms with E-state index in [4.69, 9.17) is 0 Å². The van der Waals surface area contributed by atoms with Gasteiger partial charge in [-0.15, -0.1) is 0 Å². The van der Waals surface area contributed by atoms with Crippen molar-refractivity contribution in [3.8, 4) is 0 Å². The predicted molar refractivity (Wildman–Crippen MR) is 92.9 cm³/mol. The molecule has 0 aliphatic carbocycles. The van der Waals surface area contributed by atoms with Crippen molar-refractivity contribution in [1.82, 2.24) is 20.9 Å². The summed E-state index contributed by atoms with van der Waals surface area (Å²) in [7, 11) is 1.61. The fourth-order valence-electron chi connectivity index (χ4n) is 3.68. The van der Waals surface area contributed by atoms with E-state index in [0.29, 0.717) is 5.56 Å². The number of likely N-dealkylation sites (tertiary alicyclic amines) is 1. The first-order valence-electron chi connectivity index (χ1n) is 8.59. The minimum atomic E-state index is -0.834. The smallest absolute Gasteiger partial charge is 0.322 e. The highest BCUT2D eigenvalue weighted by Crippen LogP contribution is 2.30. The lowest BCUT2D eigenvalue weighted by Crippen LogP contribution is -2.55. The van der Waals surface area contributed by atoms with Crippen molar-refractivity contribution in [2.24, 2.45) is 5.92 Å². The molecule has 7 nitrogen and oxygen atoms in total. The number of hydrogen-bond acceptors (Lipinski definition) is 4. The molecule has 0 unspecified atom stereocenters. The Morgan fingerprint density at radius 1 is 1.32 bits per heavy atom. The van der Waals surface area contributed by atoms with Crippen LogP contribution in [0.25, 0.3) is 0 Å². The number of urea groups is 1. The van der Waals surface area contributed by atoms with Gasteiger partial charge in [0.15, 0.2) is 0 Å². The second-order valence-electron chi connectivity index (χ2n) is 6.96. The van der Waals surface area contributed by atoms with Crippen LogP contribution in [0, 0.1) is 5.92 Å². The number of carbonyl (C=O) groups is 3. The van der Waals surface area contributed by atoms with Gasteiger partial charge in [0, 0.05) is 31.6 Å². The summed E-state index contributed by atoms with van der Waals surface area (Å²) in [5, 5.41) is 7.75. The molecule has 25 heavy (non-hydrogen) atoms. The minimum absolute atomic E-state index is 0.0813. The lowest BCUT2D eigenvalue weighted by Gasteiger charge is -2.39. The Hall–Kier alpha value is -2.41. The van der Waals surface area contributed by atoms with Gasteiger partial charge in [0.1, 0.15) is 5.54 Å². The summed E-state index contributed by atoms with van der Waals surface area (Å²) < 4.78 is 0. The second kappa shape index (κ2) is 6.84. The summed E-state index contributed by atoms with van der Waals surface area (Å²) in [5.41, 5.74) is 0.928. The lowest BCUT2D eigenvalue weighted by molar-refractivity contribution is -0.126. The average molecular weight is 344 g/mol. The Bertz CT molecular complexity index is 688. The van der Waals surface area contributed by atoms with Gasteiger partial charge in [0.2, 0.25) is 0 Å². The van der Waals surface area contributed by atoms with Gasteiger partial charge in [-0.05, 0) is 44.0 Å². The standard InChI is InChI=1S/C18H24N4O3/c1-18(16(24)20-17(25)21-18)14-4-3-9-22(11-14)10-12-5-7-13(8-6-12)15(23)19-2/h5-8,14H,3-4,9-11H2,1-2H3,(H,19,23)(H2,20,21,24,25)/t14-,18+/m1/s1. The molecular formula is C18H24N4O3. The molecule has 7 heteroatoms. The Kier molecular flexibility index (Phi) is 4.76. The molecule has 0 aromatic heterocycles. The highest BCUT2D eigenvalue weighted by Gasteiger charge is 2.48. The highest BCUT2D eigenvalue weighted by molar-refractivity contribution is 6.07. The van der Waals surface area contributed by atoms with Crippen LogP contribution in [0.2, 0.25) is 0 Å². The van der Waals surface area contributed by atoms with Crippen molar-refractivity contribution >= 4 is 17.8 Å². The molecule has 1 aromatic rings. The monoisotopic (exact) mass is 344 g/mol. The third-order valence-electron chi connectivity index (χ3n) is 5.24. The minimum Gasteiger partial charge on any atom is -0.355 e. The van der Waals surface area contributed by atoms with Gasteiger partial charge in [-0.1, -0.05) is 12.1 Å². The summed E-state index contributed by atoms with van der Waals surface area (Å²) in [6.45, 7) is 4.27. The average Bonchev–Trinajstić information content (AvgIpc) is 2.88. The van der Waals surface area contributed by atoms with Gasteiger partial charge < -0.3 is 10.6 Å². The van der Waals surface area contributed by atoms with Crippen molar-refractivity contribution in [3.63, 3.8) is 0 Å². The van der Waals surface area contributed by atoms with Crippen molar-refractivity contribution < 1.29 is 14.4 Å². The van der Waals surface area contributed by atoms with Crippen LogP contribution in [0.1, 0.15) is 35.7 Å². The van der Waals surface area contributed by atoms with Crippen LogP contribution in [-0.2, 0) is 11.3 Å². The van der Waals surface area contributed by atoms with Crippen LogP contribution in [-0.4, -0.2) is 48.4 Å². The molecular weight excluding hydrogens is 320 g/mol. The molecule has 2 fully saturated rings. The van der Waals surface area contributed by atoms with Crippen LogP contribution in [0.15, 0.2) is 24.3 Å². The van der Waals surface area contributed by atoms with E-state index in [1.165, 1.54) is 0 Å². The Morgan fingerprint density at radius 2 is 2.04 bits per heavy atom. The number of benzene rings is 1. The summed E-state index contributed by atoms with van der Waals surface area (Å²) in [6.07, 6.45) is 1.90. The first-order chi connectivity index (χ1) is 11.9. The van der Waals surface area contributed by atoms with Crippen LogP contribution in [0.5, 0.6) is 0 Å². The van der Waals surface area contributed by atoms with E-state index in [0.717, 1.165) is 38.0 Å². The van der Waals surface area contributed by atoms with Crippen LogP contribution in [0.4, 0.5) is 4.79 Å². The van der Waals surface area contributed by atoms with Gasteiger partial charge in [0.25, 0.3) is 11.8 Å². The summed E-state index contributed by atoms with van der Waals surface area (Å²) >= 11 is 0. The predicted octanol–water partition coefficient (Wildman–Crippen LogP) is 0.856. The number of amides is 4. The zero-order chi connectivity index (χ0) is 18.0. The molecule has 134 valence electrons. The molecule has 3 N–H and O–H groups in total. The third-order valence-corrected chi connectivity index (χ3v) is 5.24. The van der Waals surface area contributed by atoms with E-state index < -0.39 is 11.6 Å². The van der Waals surface area contributed by atoms with E-state index in [9.17, 15) is 14.4 Å². The van der Waals surface area contributed by atoms with E-state index in [2.05, 4.69) is 20.9 Å². The molecule has 2 saturated heterocycles. The van der Waals surface area contributed by atoms with Crippen LogP contribution < -0.4 is 16.0 Å². The molecule has 3 rings (SSSR count). The number of hydrogen-bond donors (Lipinski definition) is 3. The molecule has 0 saturated carbocycles. The highest BCUT2D eigenvalue weighted by atomic mass is 16.2. The van der Waals surface area contributed by atoms with Gasteiger partial charge >= 0.3 is 6.03 Å². The van der Waals surface area contributed by atoms with Crippen LogP contribution >= 0.6 is 0 Å². The maximum atomic E-state index is 12.1. The molecule has 0 radical (unpaired) electrons. The van der Waals surface area contributed by atoms with Gasteiger partial charge in [-0.3, -0.25) is 19.8 Å². The number of nitrogens with one attached hydrogen (secondary N) is 3. The fourth-order valence-corrected chi connectivity index (χ4v) is 3.68. The largest absolute Gasteiger partial charge is 0.355 e. The molecule has 0 bridgehead atoms. The summed E-state index contributed by atoms with van der Waals surface area (Å²) in [6, 6.07) is 7.15. The maximum Gasteiger partial charge on any atom is 0.322 e. The topological polar surface area (TPSA) is 90.5 Å². The van der Waals surface area contributed by atoms with E-state index in [-0.39, 0.29) is 17.7 Å². The molecule has 4 amide bonds. The molecule has 2 heterocycles. The Balaban J connectivity index is 1.65. The number of imide groups is 1. The Labute approximate surface area is 147 Å². The maximum absolute atomic E-state index is 12.1. The number of piperidine rings is 1. The zero-order valence-electron chi connectivity index (χ0n) is 14.6. The molecule has 2 aliphatic heterocycles. The van der Waals surface area contributed by atoms with E-state index in [1.807, 2.05) is 24.3 Å². The molecule has 2 atom stereocenters. The molecule has 0 spiro atoms. The first kappa shape index (κ1) is 17.4. The Morgan fingerprint density at radius 3 is 2.64 bits per heavy atom. The first-order valence-corrected chi connectivity index (χ1v) is 8.59. The third kappa shape index (κ3) is 3.51. The van der Waals surface area contributed by atoms with Gasteiger partial charge in [-0.2, -0.15) is 0 Å².